The van der Waals surface area contributed by atoms with E-state index in [0.717, 1.165) is 6.07 Å². The summed E-state index contributed by atoms with van der Waals surface area (Å²) in [6, 6.07) is 6.39. The number of piperidine rings is 1. The Morgan fingerprint density at radius 3 is 2.53 bits per heavy atom. The predicted molar refractivity (Wildman–Crippen MR) is 129 cm³/mol. The molecule has 1 aliphatic rings. The van der Waals surface area contributed by atoms with Gasteiger partial charge >= 0.3 is 12.3 Å². The molecule has 4 aromatic rings. The van der Waals surface area contributed by atoms with Crippen molar-refractivity contribution in [2.45, 2.75) is 51.3 Å². The van der Waals surface area contributed by atoms with E-state index in [0.29, 0.717) is 31.6 Å². The molecule has 1 saturated heterocycles. The number of carbonyl (C=O) groups excluding carboxylic acids is 1. The molecule has 13 heteroatoms. The number of hydrogen-bond acceptors (Lipinski definition) is 7. The Bertz CT molecular complexity index is 1540. The van der Waals surface area contributed by atoms with E-state index in [2.05, 4.69) is 20.2 Å². The molecule has 4 heterocycles. The molecule has 0 aliphatic carbocycles. The number of halogens is 3. The number of H-pyrrole nitrogens is 1. The Kier molecular flexibility index (Phi) is 6.24. The van der Waals surface area contributed by atoms with Crippen molar-refractivity contribution in [3.8, 4) is 22.8 Å². The van der Waals surface area contributed by atoms with Crippen LogP contribution >= 0.6 is 0 Å². The SMILES string of the molecule is CC(C)(C)OC(=O)N1CCC(c2cc(=O)[nH]c3c(-c4nc(-c5ccccc5C(F)(F)F)no4)cnn23)CC1. The van der Waals surface area contributed by atoms with Crippen LogP contribution in [0.3, 0.4) is 0 Å². The molecule has 0 unspecified atom stereocenters. The molecule has 1 aliphatic heterocycles. The molecule has 5 rings (SSSR count). The molecule has 1 N–H and O–H groups in total. The molecule has 1 fully saturated rings. The number of ether oxygens (including phenoxy) is 1. The average Bonchev–Trinajstić information content (AvgIpc) is 3.49. The van der Waals surface area contributed by atoms with Gasteiger partial charge in [-0.1, -0.05) is 23.4 Å². The first-order chi connectivity index (χ1) is 17.9. The number of nitrogens with one attached hydrogen (secondary N) is 1. The van der Waals surface area contributed by atoms with E-state index in [-0.39, 0.29) is 46.1 Å². The third-order valence-electron chi connectivity index (χ3n) is 6.23. The summed E-state index contributed by atoms with van der Waals surface area (Å²) in [5.74, 6) is -0.386. The summed E-state index contributed by atoms with van der Waals surface area (Å²) >= 11 is 0. The Morgan fingerprint density at radius 2 is 1.84 bits per heavy atom. The predicted octanol–water partition coefficient (Wildman–Crippen LogP) is 4.87. The van der Waals surface area contributed by atoms with Crippen molar-refractivity contribution in [2.24, 2.45) is 0 Å². The molecule has 1 amide bonds. The molecule has 200 valence electrons. The summed E-state index contributed by atoms with van der Waals surface area (Å²) in [6.45, 7) is 6.32. The Labute approximate surface area is 214 Å². The molecular formula is C25H25F3N6O4. The standard InChI is InChI=1S/C25H25F3N6O4/c1-24(2,3)37-23(36)33-10-8-14(9-11-33)18-12-19(35)30-21-16(13-29-34(18)21)22-31-20(32-38-22)15-6-4-5-7-17(15)25(26,27)28/h4-7,12-14H,8-11H2,1-3H3,(H,30,35). The van der Waals surface area contributed by atoms with E-state index in [1.54, 1.807) is 30.2 Å². The second kappa shape index (κ2) is 9.30. The number of fused-ring (bicyclic) bond motifs is 1. The average molecular weight is 531 g/mol. The van der Waals surface area contributed by atoms with Crippen molar-refractivity contribution in [3.05, 3.63) is 58.1 Å². The molecule has 0 saturated carbocycles. The maximum absolute atomic E-state index is 13.5. The topological polar surface area (TPSA) is 119 Å². The zero-order valence-electron chi connectivity index (χ0n) is 20.9. The van der Waals surface area contributed by atoms with Crippen molar-refractivity contribution in [2.75, 3.05) is 13.1 Å². The van der Waals surface area contributed by atoms with Gasteiger partial charge in [0, 0.05) is 30.6 Å². The monoisotopic (exact) mass is 530 g/mol. The Hall–Kier alpha value is -4.16. The van der Waals surface area contributed by atoms with Crippen molar-refractivity contribution >= 4 is 11.7 Å². The van der Waals surface area contributed by atoms with Crippen LogP contribution in [-0.2, 0) is 10.9 Å². The fraction of sp³-hybridized carbons (Fsp3) is 0.400. The summed E-state index contributed by atoms with van der Waals surface area (Å²) in [5.41, 5.74) is -0.897. The number of alkyl halides is 3. The van der Waals surface area contributed by atoms with E-state index in [1.807, 2.05) is 0 Å². The summed E-state index contributed by atoms with van der Waals surface area (Å²) in [7, 11) is 0. The molecule has 0 atom stereocenters. The molecule has 1 aromatic carbocycles. The summed E-state index contributed by atoms with van der Waals surface area (Å²) in [5, 5.41) is 8.13. The molecule has 0 bridgehead atoms. The van der Waals surface area contributed by atoms with E-state index in [1.165, 1.54) is 30.5 Å². The maximum Gasteiger partial charge on any atom is 0.417 e. The summed E-state index contributed by atoms with van der Waals surface area (Å²) in [4.78, 5) is 33.5. The maximum atomic E-state index is 13.5. The van der Waals surface area contributed by atoms with E-state index >= 15 is 0 Å². The van der Waals surface area contributed by atoms with Gasteiger partial charge in [0.1, 0.15) is 16.8 Å². The number of carbonyl (C=O) groups is 1. The van der Waals surface area contributed by atoms with Gasteiger partial charge < -0.3 is 19.1 Å². The van der Waals surface area contributed by atoms with Crippen LogP contribution in [0.2, 0.25) is 0 Å². The van der Waals surface area contributed by atoms with Gasteiger partial charge in [-0.3, -0.25) is 4.79 Å². The number of aromatic nitrogens is 5. The van der Waals surface area contributed by atoms with Gasteiger partial charge in [0.2, 0.25) is 5.82 Å². The van der Waals surface area contributed by atoms with Crippen molar-refractivity contribution in [1.82, 2.24) is 29.6 Å². The largest absolute Gasteiger partial charge is 0.444 e. The smallest absolute Gasteiger partial charge is 0.417 e. The number of nitrogens with zero attached hydrogens (tertiary/aromatic N) is 5. The quantitative estimate of drug-likeness (QED) is 0.401. The van der Waals surface area contributed by atoms with Crippen LogP contribution < -0.4 is 5.56 Å². The number of likely N-dealkylation sites (tertiary alicyclic amines) is 1. The number of benzene rings is 1. The molecule has 3 aromatic heterocycles. The third kappa shape index (κ3) is 5.00. The first-order valence-corrected chi connectivity index (χ1v) is 12.0. The highest BCUT2D eigenvalue weighted by molar-refractivity contribution is 5.73. The van der Waals surface area contributed by atoms with E-state index < -0.39 is 17.3 Å². The first kappa shape index (κ1) is 25.5. The highest BCUT2D eigenvalue weighted by Gasteiger charge is 2.35. The second-order valence-electron chi connectivity index (χ2n) is 10.1. The highest BCUT2D eigenvalue weighted by atomic mass is 19.4. The lowest BCUT2D eigenvalue weighted by Crippen LogP contribution is -2.41. The Balaban J connectivity index is 1.43. The van der Waals surface area contributed by atoms with Crippen LogP contribution in [0.4, 0.5) is 18.0 Å². The lowest BCUT2D eigenvalue weighted by atomic mass is 9.93. The number of amides is 1. The van der Waals surface area contributed by atoms with Gasteiger partial charge in [-0.05, 0) is 39.7 Å². The number of aromatic amines is 1. The van der Waals surface area contributed by atoms with Gasteiger partial charge in [-0.25, -0.2) is 9.31 Å². The molecule has 10 nitrogen and oxygen atoms in total. The Morgan fingerprint density at radius 1 is 1.13 bits per heavy atom. The fourth-order valence-corrected chi connectivity index (χ4v) is 4.51. The van der Waals surface area contributed by atoms with Gasteiger partial charge in [0.25, 0.3) is 11.4 Å². The molecule has 0 spiro atoms. The second-order valence-corrected chi connectivity index (χ2v) is 10.1. The van der Waals surface area contributed by atoms with E-state index in [9.17, 15) is 22.8 Å². The normalized spacial score (nSPS) is 15.3. The minimum atomic E-state index is -4.60. The number of hydrogen-bond donors (Lipinski definition) is 1. The van der Waals surface area contributed by atoms with Crippen LogP contribution in [-0.4, -0.2) is 54.4 Å². The minimum absolute atomic E-state index is 0.0665. The zero-order chi connectivity index (χ0) is 27.2. The van der Waals surface area contributed by atoms with Crippen LogP contribution in [0.25, 0.3) is 28.5 Å². The number of rotatable bonds is 3. The highest BCUT2D eigenvalue weighted by Crippen LogP contribution is 2.37. The molecule has 0 radical (unpaired) electrons. The van der Waals surface area contributed by atoms with Crippen molar-refractivity contribution < 1.29 is 27.2 Å². The molecular weight excluding hydrogens is 505 g/mol. The fourth-order valence-electron chi connectivity index (χ4n) is 4.51. The van der Waals surface area contributed by atoms with Gasteiger partial charge in [-0.15, -0.1) is 0 Å². The summed E-state index contributed by atoms with van der Waals surface area (Å²) < 4.78 is 52.7. The minimum Gasteiger partial charge on any atom is -0.444 e. The van der Waals surface area contributed by atoms with Crippen LogP contribution in [0.15, 0.2) is 45.8 Å². The lowest BCUT2D eigenvalue weighted by Gasteiger charge is -2.33. The van der Waals surface area contributed by atoms with Crippen LogP contribution in [0.5, 0.6) is 0 Å². The third-order valence-corrected chi connectivity index (χ3v) is 6.23. The van der Waals surface area contributed by atoms with E-state index in [4.69, 9.17) is 9.26 Å². The van der Waals surface area contributed by atoms with Crippen LogP contribution in [0, 0.1) is 0 Å². The van der Waals surface area contributed by atoms with Crippen molar-refractivity contribution in [1.29, 1.82) is 0 Å². The zero-order valence-corrected chi connectivity index (χ0v) is 20.9. The lowest BCUT2D eigenvalue weighted by molar-refractivity contribution is -0.137. The van der Waals surface area contributed by atoms with Gasteiger partial charge in [0.05, 0.1) is 17.5 Å². The molecule has 38 heavy (non-hydrogen) atoms. The first-order valence-electron chi connectivity index (χ1n) is 12.0. The van der Waals surface area contributed by atoms with Crippen molar-refractivity contribution in [3.63, 3.8) is 0 Å². The van der Waals surface area contributed by atoms with Gasteiger partial charge in [0.15, 0.2) is 0 Å². The van der Waals surface area contributed by atoms with Crippen LogP contribution in [0.1, 0.15) is 50.8 Å². The summed E-state index contributed by atoms with van der Waals surface area (Å²) in [6.07, 6.45) is -2.39. The van der Waals surface area contributed by atoms with Gasteiger partial charge in [-0.2, -0.15) is 23.3 Å².